The average Bonchev–Trinajstić information content (AvgIpc) is 2.68. The maximum Gasteiger partial charge on any atom is 0.387 e. The zero-order chi connectivity index (χ0) is 20.1. The number of para-hydroxylation sites is 2. The fourth-order valence-corrected chi connectivity index (χ4v) is 2.34. The number of ether oxygens (including phenoxy) is 3. The maximum atomic E-state index is 12.5. The third-order valence-corrected chi connectivity index (χ3v) is 3.60. The van der Waals surface area contributed by atoms with Crippen molar-refractivity contribution in [3.63, 3.8) is 0 Å². The number of nitrogens with one attached hydrogen (secondary N) is 1. The molecule has 1 heterocycles. The molecular weight excluding hydrogens is 380 g/mol. The quantitative estimate of drug-likeness (QED) is 0.458. The molecule has 1 aliphatic rings. The van der Waals surface area contributed by atoms with Gasteiger partial charge in [0.25, 0.3) is 11.6 Å². The molecule has 11 heteroatoms. The molecule has 0 fully saturated rings. The Kier molecular flexibility index (Phi) is 5.63. The van der Waals surface area contributed by atoms with Crippen molar-refractivity contribution in [2.75, 3.05) is 6.61 Å². The molecule has 0 spiro atoms. The Morgan fingerprint density at radius 2 is 2.07 bits per heavy atom. The number of amides is 1. The van der Waals surface area contributed by atoms with E-state index in [1.807, 2.05) is 0 Å². The summed E-state index contributed by atoms with van der Waals surface area (Å²) in [7, 11) is 0. The van der Waals surface area contributed by atoms with E-state index in [1.165, 1.54) is 0 Å². The molecule has 1 amide bonds. The van der Waals surface area contributed by atoms with Crippen molar-refractivity contribution < 1.29 is 32.7 Å². The fourth-order valence-electron chi connectivity index (χ4n) is 2.34. The molecule has 146 valence electrons. The number of hydrogen-bond donors (Lipinski definition) is 1. The summed E-state index contributed by atoms with van der Waals surface area (Å²) in [6, 6.07) is 9.81. The first-order valence-corrected chi connectivity index (χ1v) is 7.88. The first-order chi connectivity index (χ1) is 13.4. The second kappa shape index (κ2) is 8.29. The van der Waals surface area contributed by atoms with Gasteiger partial charge in [-0.3, -0.25) is 14.9 Å². The van der Waals surface area contributed by atoms with Gasteiger partial charge in [0.2, 0.25) is 6.10 Å². The number of nitrogens with zero attached hydrogens (tertiary/aromatic N) is 2. The highest BCUT2D eigenvalue weighted by Gasteiger charge is 2.27. The zero-order valence-corrected chi connectivity index (χ0v) is 14.1. The van der Waals surface area contributed by atoms with Crippen LogP contribution < -0.4 is 19.6 Å². The molecule has 0 radical (unpaired) electrons. The largest absolute Gasteiger partial charge is 0.485 e. The normalized spacial score (nSPS) is 15.5. The number of nitro groups is 1. The highest BCUT2D eigenvalue weighted by atomic mass is 19.3. The lowest BCUT2D eigenvalue weighted by Gasteiger charge is -2.24. The number of carbonyl (C=O) groups is 1. The van der Waals surface area contributed by atoms with Crippen LogP contribution in [0, 0.1) is 10.1 Å². The van der Waals surface area contributed by atoms with E-state index in [2.05, 4.69) is 15.3 Å². The van der Waals surface area contributed by atoms with E-state index in [9.17, 15) is 23.7 Å². The lowest BCUT2D eigenvalue weighted by Crippen LogP contribution is -2.42. The Balaban J connectivity index is 1.69. The third kappa shape index (κ3) is 4.50. The van der Waals surface area contributed by atoms with Crippen LogP contribution in [0.5, 0.6) is 17.2 Å². The standard InChI is InChI=1S/C17H13F2N3O6/c18-17(19)28-12-6-5-11(22(24)25)7-10(12)8-20-21-16(23)15-9-26-13-3-1-2-4-14(13)27-15/h1-8,15,17H,9H2,(H,21,23)/b20-8+. The molecule has 1 atom stereocenters. The maximum absolute atomic E-state index is 12.5. The van der Waals surface area contributed by atoms with Crippen molar-refractivity contribution >= 4 is 17.8 Å². The van der Waals surface area contributed by atoms with Crippen LogP contribution in [0.25, 0.3) is 0 Å². The highest BCUT2D eigenvalue weighted by Crippen LogP contribution is 2.30. The molecule has 0 bridgehead atoms. The van der Waals surface area contributed by atoms with Gasteiger partial charge in [-0.25, -0.2) is 5.43 Å². The fraction of sp³-hybridized carbons (Fsp3) is 0.176. The highest BCUT2D eigenvalue weighted by molar-refractivity contribution is 5.87. The summed E-state index contributed by atoms with van der Waals surface area (Å²) in [5.74, 6) is -0.0816. The first-order valence-electron chi connectivity index (χ1n) is 7.88. The van der Waals surface area contributed by atoms with Crippen LogP contribution in [0.2, 0.25) is 0 Å². The van der Waals surface area contributed by atoms with Crippen molar-refractivity contribution in [2.45, 2.75) is 12.7 Å². The lowest BCUT2D eigenvalue weighted by atomic mass is 10.2. The van der Waals surface area contributed by atoms with Crippen LogP contribution in [0.15, 0.2) is 47.6 Å². The Bertz CT molecular complexity index is 922. The summed E-state index contributed by atoms with van der Waals surface area (Å²) >= 11 is 0. The van der Waals surface area contributed by atoms with Crippen LogP contribution >= 0.6 is 0 Å². The van der Waals surface area contributed by atoms with E-state index in [0.29, 0.717) is 11.5 Å². The Labute approximate surface area is 156 Å². The van der Waals surface area contributed by atoms with Gasteiger partial charge in [-0.05, 0) is 18.2 Å². The van der Waals surface area contributed by atoms with Gasteiger partial charge >= 0.3 is 6.61 Å². The third-order valence-electron chi connectivity index (χ3n) is 3.60. The lowest BCUT2D eigenvalue weighted by molar-refractivity contribution is -0.384. The molecule has 3 rings (SSSR count). The summed E-state index contributed by atoms with van der Waals surface area (Å²) in [5, 5.41) is 14.5. The second-order valence-electron chi connectivity index (χ2n) is 5.46. The second-order valence-corrected chi connectivity index (χ2v) is 5.46. The Morgan fingerprint density at radius 3 is 2.79 bits per heavy atom. The molecule has 2 aromatic carbocycles. The van der Waals surface area contributed by atoms with Gasteiger partial charge in [0.1, 0.15) is 12.4 Å². The van der Waals surface area contributed by atoms with Crippen molar-refractivity contribution in [3.05, 3.63) is 58.1 Å². The van der Waals surface area contributed by atoms with E-state index in [0.717, 1.165) is 24.4 Å². The van der Waals surface area contributed by atoms with Crippen molar-refractivity contribution in [1.29, 1.82) is 0 Å². The summed E-state index contributed by atoms with van der Waals surface area (Å²) in [5.41, 5.74) is 1.71. The number of halogens is 2. The smallest absolute Gasteiger partial charge is 0.387 e. The van der Waals surface area contributed by atoms with Crippen molar-refractivity contribution in [3.8, 4) is 17.2 Å². The summed E-state index contributed by atoms with van der Waals surface area (Å²) in [6.07, 6.45) is -0.0193. The van der Waals surface area contributed by atoms with Gasteiger partial charge in [0, 0.05) is 17.7 Å². The Hall–Kier alpha value is -3.76. The monoisotopic (exact) mass is 393 g/mol. The van der Waals surface area contributed by atoms with Gasteiger partial charge in [-0.1, -0.05) is 12.1 Å². The topological polar surface area (TPSA) is 112 Å². The zero-order valence-electron chi connectivity index (χ0n) is 14.1. The molecule has 0 aliphatic carbocycles. The van der Waals surface area contributed by atoms with Gasteiger partial charge < -0.3 is 14.2 Å². The number of alkyl halides is 2. The molecule has 28 heavy (non-hydrogen) atoms. The molecule has 1 N–H and O–H groups in total. The van der Waals surface area contributed by atoms with Crippen LogP contribution in [0.1, 0.15) is 5.56 Å². The molecule has 0 aromatic heterocycles. The molecule has 9 nitrogen and oxygen atoms in total. The number of hydrazone groups is 1. The first kappa shape index (κ1) is 19.0. The van der Waals surface area contributed by atoms with Gasteiger partial charge in [-0.2, -0.15) is 13.9 Å². The summed E-state index contributed by atoms with van der Waals surface area (Å²) < 4.78 is 40.1. The average molecular weight is 393 g/mol. The van der Waals surface area contributed by atoms with E-state index < -0.39 is 23.5 Å². The van der Waals surface area contributed by atoms with E-state index in [-0.39, 0.29) is 23.6 Å². The SMILES string of the molecule is O=C(N/N=C/c1cc([N+](=O)[O-])ccc1OC(F)F)C1COc2ccccc2O1. The number of benzene rings is 2. The van der Waals surface area contributed by atoms with Gasteiger partial charge in [-0.15, -0.1) is 0 Å². The molecule has 0 saturated heterocycles. The minimum absolute atomic E-state index is 0.0467. The summed E-state index contributed by atoms with van der Waals surface area (Å²) in [4.78, 5) is 22.3. The minimum atomic E-state index is -3.13. The van der Waals surface area contributed by atoms with Crippen LogP contribution in [0.3, 0.4) is 0 Å². The number of non-ortho nitro benzene ring substituents is 1. The molecule has 1 unspecified atom stereocenters. The molecular formula is C17H13F2N3O6. The molecule has 1 aliphatic heterocycles. The Morgan fingerprint density at radius 1 is 1.32 bits per heavy atom. The van der Waals surface area contributed by atoms with Crippen molar-refractivity contribution in [1.82, 2.24) is 5.43 Å². The molecule has 0 saturated carbocycles. The van der Waals surface area contributed by atoms with Crippen molar-refractivity contribution in [2.24, 2.45) is 5.10 Å². The number of fused-ring (bicyclic) bond motifs is 1. The predicted molar refractivity (Wildman–Crippen MR) is 91.8 cm³/mol. The summed E-state index contributed by atoms with van der Waals surface area (Å²) in [6.45, 7) is -3.18. The van der Waals surface area contributed by atoms with Crippen LogP contribution in [-0.2, 0) is 4.79 Å². The van der Waals surface area contributed by atoms with Crippen LogP contribution in [-0.4, -0.2) is 36.4 Å². The minimum Gasteiger partial charge on any atom is -0.485 e. The van der Waals surface area contributed by atoms with Gasteiger partial charge in [0.15, 0.2) is 11.5 Å². The number of rotatable bonds is 6. The predicted octanol–water partition coefficient (Wildman–Crippen LogP) is 2.49. The number of nitro benzene ring substituents is 1. The van der Waals surface area contributed by atoms with E-state index in [1.54, 1.807) is 24.3 Å². The number of hydrogen-bond acceptors (Lipinski definition) is 7. The number of carbonyl (C=O) groups excluding carboxylic acids is 1. The molecule has 2 aromatic rings. The van der Waals surface area contributed by atoms with E-state index >= 15 is 0 Å². The van der Waals surface area contributed by atoms with Gasteiger partial charge in [0.05, 0.1) is 11.1 Å². The van der Waals surface area contributed by atoms with E-state index in [4.69, 9.17) is 9.47 Å². The van der Waals surface area contributed by atoms with Crippen LogP contribution in [0.4, 0.5) is 14.5 Å².